The molecule has 3 rings (SSSR count). The number of hydrogen-bond acceptors (Lipinski definition) is 6. The Morgan fingerprint density at radius 3 is 2.52 bits per heavy atom. The van der Waals surface area contributed by atoms with Gasteiger partial charge in [-0.05, 0) is 38.0 Å². The average molecular weight is 320 g/mol. The molecule has 0 saturated carbocycles. The van der Waals surface area contributed by atoms with Crippen LogP contribution in [0.4, 0.5) is 0 Å². The molecule has 1 saturated heterocycles. The Morgan fingerprint density at radius 1 is 1.22 bits per heavy atom. The van der Waals surface area contributed by atoms with E-state index in [4.69, 9.17) is 4.74 Å². The standard InChI is InChI=1S/C16H20N2O5/c1-6-7(2)9-4-10(16(22)18-15(9)17-8(6)3)14-13(21)12(20)11(5-19)23-14/h4,11-14,19-21H,5H2,1-3H3,(H,17,18,22)/t11-,12?,13?,14+/m1/s1. The molecule has 0 aromatic carbocycles. The number of pyridine rings is 2. The Labute approximate surface area is 132 Å². The summed E-state index contributed by atoms with van der Waals surface area (Å²) >= 11 is 0. The first-order chi connectivity index (χ1) is 10.8. The van der Waals surface area contributed by atoms with Crippen LogP contribution < -0.4 is 5.56 Å². The molecule has 2 aromatic heterocycles. The number of nitrogens with zero attached hydrogens (tertiary/aromatic N) is 1. The SMILES string of the molecule is Cc1nc2[nH]c(=O)c([C@@H]3O[C@H](CO)C(O)C3O)cc2c(C)c1C. The topological polar surface area (TPSA) is 116 Å². The van der Waals surface area contributed by atoms with E-state index >= 15 is 0 Å². The fourth-order valence-corrected chi connectivity index (χ4v) is 3.00. The predicted octanol–water partition coefficient (Wildman–Crippen LogP) is 0.00236. The second kappa shape index (κ2) is 5.68. The molecule has 0 bridgehead atoms. The molecule has 1 aliphatic heterocycles. The first kappa shape index (κ1) is 16.1. The van der Waals surface area contributed by atoms with E-state index in [1.54, 1.807) is 6.07 Å². The number of hydrogen-bond donors (Lipinski definition) is 4. The lowest BCUT2D eigenvalue weighted by Crippen LogP contribution is -2.33. The molecule has 7 heteroatoms. The number of rotatable bonds is 2. The minimum Gasteiger partial charge on any atom is -0.394 e. The van der Waals surface area contributed by atoms with E-state index in [-0.39, 0.29) is 5.56 Å². The van der Waals surface area contributed by atoms with Crippen LogP contribution in [0.15, 0.2) is 10.9 Å². The molecule has 4 N–H and O–H groups in total. The lowest BCUT2D eigenvalue weighted by molar-refractivity contribution is -0.0231. The Bertz CT molecular complexity index is 816. The Balaban J connectivity index is 2.16. The van der Waals surface area contributed by atoms with Gasteiger partial charge < -0.3 is 25.0 Å². The largest absolute Gasteiger partial charge is 0.394 e. The molecule has 0 amide bonds. The molecule has 0 spiro atoms. The number of aliphatic hydroxyl groups excluding tert-OH is 3. The summed E-state index contributed by atoms with van der Waals surface area (Å²) in [5.74, 6) is 0. The maximum absolute atomic E-state index is 12.3. The molecule has 124 valence electrons. The number of aromatic amines is 1. The van der Waals surface area contributed by atoms with E-state index < -0.39 is 36.6 Å². The van der Waals surface area contributed by atoms with Crippen LogP contribution in [0.25, 0.3) is 11.0 Å². The predicted molar refractivity (Wildman–Crippen MR) is 83.3 cm³/mol. The number of aromatic nitrogens is 2. The molecule has 4 atom stereocenters. The summed E-state index contributed by atoms with van der Waals surface area (Å²) in [6, 6.07) is 1.64. The van der Waals surface area contributed by atoms with Gasteiger partial charge in [0, 0.05) is 16.6 Å². The Hall–Kier alpha value is -1.80. The van der Waals surface area contributed by atoms with Crippen LogP contribution in [0.1, 0.15) is 28.5 Å². The Morgan fingerprint density at radius 2 is 1.91 bits per heavy atom. The number of fused-ring (bicyclic) bond motifs is 1. The molecule has 0 aliphatic carbocycles. The van der Waals surface area contributed by atoms with Gasteiger partial charge >= 0.3 is 0 Å². The summed E-state index contributed by atoms with van der Waals surface area (Å²) in [4.78, 5) is 19.4. The molecule has 7 nitrogen and oxygen atoms in total. The smallest absolute Gasteiger partial charge is 0.255 e. The highest BCUT2D eigenvalue weighted by Gasteiger charge is 2.44. The highest BCUT2D eigenvalue weighted by molar-refractivity contribution is 5.80. The van der Waals surface area contributed by atoms with E-state index in [0.29, 0.717) is 5.65 Å². The van der Waals surface area contributed by atoms with Crippen LogP contribution in [-0.2, 0) is 4.74 Å². The third kappa shape index (κ3) is 2.46. The zero-order chi connectivity index (χ0) is 16.9. The summed E-state index contributed by atoms with van der Waals surface area (Å²) < 4.78 is 5.45. The van der Waals surface area contributed by atoms with E-state index in [1.807, 2.05) is 20.8 Å². The molecule has 3 heterocycles. The minimum absolute atomic E-state index is 0.216. The molecule has 0 radical (unpaired) electrons. The quantitative estimate of drug-likeness (QED) is 0.619. The summed E-state index contributed by atoms with van der Waals surface area (Å²) in [5.41, 5.74) is 3.11. The number of H-pyrrole nitrogens is 1. The van der Waals surface area contributed by atoms with Gasteiger partial charge in [-0.15, -0.1) is 0 Å². The third-order valence-electron chi connectivity index (χ3n) is 4.69. The first-order valence-corrected chi connectivity index (χ1v) is 7.48. The van der Waals surface area contributed by atoms with E-state index in [2.05, 4.69) is 9.97 Å². The normalized spacial score (nSPS) is 27.7. The van der Waals surface area contributed by atoms with Crippen molar-refractivity contribution in [3.05, 3.63) is 38.8 Å². The monoisotopic (exact) mass is 320 g/mol. The number of nitrogens with one attached hydrogen (secondary N) is 1. The first-order valence-electron chi connectivity index (χ1n) is 7.48. The van der Waals surface area contributed by atoms with Crippen molar-refractivity contribution in [2.45, 2.75) is 45.2 Å². The molecular formula is C16H20N2O5. The van der Waals surface area contributed by atoms with E-state index in [9.17, 15) is 20.1 Å². The fraction of sp³-hybridized carbons (Fsp3) is 0.500. The van der Waals surface area contributed by atoms with E-state index in [1.165, 1.54) is 0 Å². The van der Waals surface area contributed by atoms with Crippen LogP contribution >= 0.6 is 0 Å². The number of ether oxygens (including phenoxy) is 1. The zero-order valence-corrected chi connectivity index (χ0v) is 13.2. The molecule has 2 aromatic rings. The van der Waals surface area contributed by atoms with Crippen molar-refractivity contribution in [1.29, 1.82) is 0 Å². The van der Waals surface area contributed by atoms with Crippen LogP contribution in [0.3, 0.4) is 0 Å². The van der Waals surface area contributed by atoms with Crippen LogP contribution in [0.2, 0.25) is 0 Å². The van der Waals surface area contributed by atoms with Gasteiger partial charge in [0.25, 0.3) is 5.56 Å². The van der Waals surface area contributed by atoms with Gasteiger partial charge in [0.2, 0.25) is 0 Å². The molecule has 2 unspecified atom stereocenters. The Kier molecular flexibility index (Phi) is 3.97. The van der Waals surface area contributed by atoms with Crippen molar-refractivity contribution >= 4 is 11.0 Å². The average Bonchev–Trinajstić information content (AvgIpc) is 2.80. The fourth-order valence-electron chi connectivity index (χ4n) is 3.00. The van der Waals surface area contributed by atoms with Crippen molar-refractivity contribution in [2.75, 3.05) is 6.61 Å². The summed E-state index contributed by atoms with van der Waals surface area (Å²) in [6.45, 7) is 5.33. The van der Waals surface area contributed by atoms with Crippen molar-refractivity contribution in [3.63, 3.8) is 0 Å². The summed E-state index contributed by atoms with van der Waals surface area (Å²) in [5, 5.41) is 29.9. The number of aliphatic hydroxyl groups is 3. The molecular weight excluding hydrogens is 300 g/mol. The van der Waals surface area contributed by atoms with Gasteiger partial charge in [0.1, 0.15) is 30.1 Å². The zero-order valence-electron chi connectivity index (χ0n) is 13.2. The van der Waals surface area contributed by atoms with Crippen LogP contribution in [-0.4, -0.2) is 50.2 Å². The highest BCUT2D eigenvalue weighted by Crippen LogP contribution is 2.33. The van der Waals surface area contributed by atoms with Crippen molar-refractivity contribution in [2.24, 2.45) is 0 Å². The lowest BCUT2D eigenvalue weighted by atomic mass is 9.99. The van der Waals surface area contributed by atoms with Crippen molar-refractivity contribution < 1.29 is 20.1 Å². The summed E-state index contributed by atoms with van der Waals surface area (Å²) in [7, 11) is 0. The molecule has 1 fully saturated rings. The van der Waals surface area contributed by atoms with Crippen LogP contribution in [0, 0.1) is 20.8 Å². The summed E-state index contributed by atoms with van der Waals surface area (Å²) in [6.07, 6.45) is -4.41. The van der Waals surface area contributed by atoms with Gasteiger partial charge in [-0.2, -0.15) is 0 Å². The second-order valence-electron chi connectivity index (χ2n) is 6.02. The van der Waals surface area contributed by atoms with Crippen LogP contribution in [0.5, 0.6) is 0 Å². The highest BCUT2D eigenvalue weighted by atomic mass is 16.6. The maximum Gasteiger partial charge on any atom is 0.255 e. The third-order valence-corrected chi connectivity index (χ3v) is 4.69. The van der Waals surface area contributed by atoms with Crippen molar-refractivity contribution in [3.8, 4) is 0 Å². The van der Waals surface area contributed by atoms with Gasteiger partial charge in [-0.1, -0.05) is 0 Å². The van der Waals surface area contributed by atoms with Gasteiger partial charge in [0.05, 0.1) is 6.61 Å². The lowest BCUT2D eigenvalue weighted by Gasteiger charge is -2.16. The maximum atomic E-state index is 12.3. The van der Waals surface area contributed by atoms with Crippen molar-refractivity contribution in [1.82, 2.24) is 9.97 Å². The van der Waals surface area contributed by atoms with E-state index in [0.717, 1.165) is 22.2 Å². The molecule has 23 heavy (non-hydrogen) atoms. The van der Waals surface area contributed by atoms with Gasteiger partial charge in [0.15, 0.2) is 0 Å². The van der Waals surface area contributed by atoms with Gasteiger partial charge in [-0.25, -0.2) is 4.98 Å². The minimum atomic E-state index is -1.27. The second-order valence-corrected chi connectivity index (χ2v) is 6.02. The number of aryl methyl sites for hydroxylation is 2. The molecule has 1 aliphatic rings. The van der Waals surface area contributed by atoms with Gasteiger partial charge in [-0.3, -0.25) is 4.79 Å².